The maximum absolute atomic E-state index is 5.53. The second kappa shape index (κ2) is 6.53. The zero-order valence-corrected chi connectivity index (χ0v) is 9.61. The van der Waals surface area contributed by atoms with E-state index in [0.29, 0.717) is 6.04 Å². The van der Waals surface area contributed by atoms with Crippen molar-refractivity contribution in [3.63, 3.8) is 0 Å². The number of nitrogens with zero attached hydrogens (tertiary/aromatic N) is 1. The molecule has 15 heavy (non-hydrogen) atoms. The molecule has 1 aromatic rings. The molecule has 84 valence electrons. The molecule has 0 saturated carbocycles. The molecule has 0 bridgehead atoms. The maximum Gasteiger partial charge on any atom is 0.0419 e. The molecule has 0 radical (unpaired) electrons. The van der Waals surface area contributed by atoms with Crippen molar-refractivity contribution < 1.29 is 0 Å². The molecular formula is C12H21N3. The third-order valence-electron chi connectivity index (χ3n) is 2.51. The van der Waals surface area contributed by atoms with Crippen molar-refractivity contribution in [3.05, 3.63) is 30.1 Å². The van der Waals surface area contributed by atoms with Gasteiger partial charge in [-0.15, -0.1) is 0 Å². The van der Waals surface area contributed by atoms with Crippen LogP contribution < -0.4 is 11.3 Å². The van der Waals surface area contributed by atoms with Crippen molar-refractivity contribution in [2.75, 3.05) is 0 Å². The Labute approximate surface area is 92.1 Å². The number of pyridine rings is 1. The molecule has 0 aliphatic heterocycles. The predicted molar refractivity (Wildman–Crippen MR) is 63.1 cm³/mol. The van der Waals surface area contributed by atoms with E-state index in [1.807, 2.05) is 24.4 Å². The molecule has 1 unspecified atom stereocenters. The Kier molecular flexibility index (Phi) is 5.29. The van der Waals surface area contributed by atoms with E-state index in [-0.39, 0.29) is 0 Å². The molecule has 3 heteroatoms. The molecule has 1 heterocycles. The van der Waals surface area contributed by atoms with E-state index < -0.39 is 0 Å². The molecule has 1 rings (SSSR count). The monoisotopic (exact) mass is 207 g/mol. The standard InChI is InChI=1S/C12H21N3/c1-10(2)6-7-12(15-13)9-11-5-3-4-8-14-11/h3-5,8,10,12,15H,6-7,9,13H2,1-2H3. The molecule has 1 atom stereocenters. The Morgan fingerprint density at radius 2 is 2.13 bits per heavy atom. The van der Waals surface area contributed by atoms with Gasteiger partial charge >= 0.3 is 0 Å². The quantitative estimate of drug-likeness (QED) is 0.553. The molecule has 0 aliphatic carbocycles. The predicted octanol–water partition coefficient (Wildman–Crippen LogP) is 1.89. The summed E-state index contributed by atoms with van der Waals surface area (Å²) in [4.78, 5) is 4.30. The number of nitrogens with two attached hydrogens (primary N) is 1. The van der Waals surface area contributed by atoms with Crippen LogP contribution in [0.5, 0.6) is 0 Å². The normalized spacial score (nSPS) is 13.1. The van der Waals surface area contributed by atoms with Crippen molar-refractivity contribution in [1.29, 1.82) is 0 Å². The van der Waals surface area contributed by atoms with E-state index in [9.17, 15) is 0 Å². The lowest BCUT2D eigenvalue weighted by atomic mass is 10.0. The SMILES string of the molecule is CC(C)CCC(Cc1ccccn1)NN. The smallest absolute Gasteiger partial charge is 0.0419 e. The van der Waals surface area contributed by atoms with Gasteiger partial charge in [0.2, 0.25) is 0 Å². The van der Waals surface area contributed by atoms with Crippen LogP contribution in [-0.2, 0) is 6.42 Å². The topological polar surface area (TPSA) is 50.9 Å². The molecule has 0 fully saturated rings. The van der Waals surface area contributed by atoms with Gasteiger partial charge in [0, 0.05) is 24.4 Å². The largest absolute Gasteiger partial charge is 0.271 e. The lowest BCUT2D eigenvalue weighted by molar-refractivity contribution is 0.432. The van der Waals surface area contributed by atoms with Crippen LogP contribution in [0.4, 0.5) is 0 Å². The van der Waals surface area contributed by atoms with Gasteiger partial charge in [-0.2, -0.15) is 0 Å². The Balaban J connectivity index is 2.40. The molecular weight excluding hydrogens is 186 g/mol. The average molecular weight is 207 g/mol. The minimum atomic E-state index is 0.335. The number of hydrogen-bond donors (Lipinski definition) is 2. The van der Waals surface area contributed by atoms with Crippen LogP contribution in [0.1, 0.15) is 32.4 Å². The van der Waals surface area contributed by atoms with Gasteiger partial charge in [-0.3, -0.25) is 16.3 Å². The number of nitrogens with one attached hydrogen (secondary N) is 1. The van der Waals surface area contributed by atoms with Gasteiger partial charge in [0.1, 0.15) is 0 Å². The molecule has 0 amide bonds. The average Bonchev–Trinajstić information content (AvgIpc) is 2.25. The first kappa shape index (κ1) is 12.1. The van der Waals surface area contributed by atoms with Crippen LogP contribution in [0.25, 0.3) is 0 Å². The van der Waals surface area contributed by atoms with E-state index in [1.165, 1.54) is 6.42 Å². The Hall–Kier alpha value is -0.930. The van der Waals surface area contributed by atoms with Crippen molar-refractivity contribution in [2.45, 2.75) is 39.2 Å². The summed E-state index contributed by atoms with van der Waals surface area (Å²) in [6.45, 7) is 4.46. The minimum absolute atomic E-state index is 0.335. The fourth-order valence-electron chi connectivity index (χ4n) is 1.55. The Bertz CT molecular complexity index is 259. The third kappa shape index (κ3) is 4.91. The number of hydrogen-bond acceptors (Lipinski definition) is 3. The lowest BCUT2D eigenvalue weighted by Gasteiger charge is -2.16. The second-order valence-electron chi connectivity index (χ2n) is 4.36. The summed E-state index contributed by atoms with van der Waals surface area (Å²) in [5, 5.41) is 0. The molecule has 0 aliphatic rings. The zero-order chi connectivity index (χ0) is 11.1. The van der Waals surface area contributed by atoms with Crippen molar-refractivity contribution in [3.8, 4) is 0 Å². The van der Waals surface area contributed by atoms with E-state index in [0.717, 1.165) is 24.5 Å². The molecule has 0 aromatic carbocycles. The Morgan fingerprint density at radius 1 is 1.33 bits per heavy atom. The summed E-state index contributed by atoms with van der Waals surface area (Å²) >= 11 is 0. The summed E-state index contributed by atoms with van der Waals surface area (Å²) in [6.07, 6.45) is 5.03. The highest BCUT2D eigenvalue weighted by Gasteiger charge is 2.08. The molecule has 1 aromatic heterocycles. The van der Waals surface area contributed by atoms with Gasteiger partial charge in [0.15, 0.2) is 0 Å². The van der Waals surface area contributed by atoms with E-state index in [1.54, 1.807) is 0 Å². The molecule has 3 nitrogen and oxygen atoms in total. The van der Waals surface area contributed by atoms with Gasteiger partial charge in [-0.05, 0) is 30.9 Å². The van der Waals surface area contributed by atoms with Gasteiger partial charge in [0.05, 0.1) is 0 Å². The first-order valence-corrected chi connectivity index (χ1v) is 5.58. The van der Waals surface area contributed by atoms with E-state index in [4.69, 9.17) is 5.84 Å². The third-order valence-corrected chi connectivity index (χ3v) is 2.51. The van der Waals surface area contributed by atoms with Gasteiger partial charge in [-0.1, -0.05) is 19.9 Å². The summed E-state index contributed by atoms with van der Waals surface area (Å²) in [6, 6.07) is 6.32. The van der Waals surface area contributed by atoms with E-state index in [2.05, 4.69) is 24.3 Å². The fraction of sp³-hybridized carbons (Fsp3) is 0.583. The first-order chi connectivity index (χ1) is 7.22. The van der Waals surface area contributed by atoms with Crippen molar-refractivity contribution in [2.24, 2.45) is 11.8 Å². The molecule has 0 saturated heterocycles. The minimum Gasteiger partial charge on any atom is -0.271 e. The number of aromatic nitrogens is 1. The van der Waals surface area contributed by atoms with Gasteiger partial charge in [-0.25, -0.2) is 0 Å². The first-order valence-electron chi connectivity index (χ1n) is 5.58. The lowest BCUT2D eigenvalue weighted by Crippen LogP contribution is -2.37. The van der Waals surface area contributed by atoms with Crippen LogP contribution >= 0.6 is 0 Å². The van der Waals surface area contributed by atoms with Crippen molar-refractivity contribution >= 4 is 0 Å². The molecule has 3 N–H and O–H groups in total. The van der Waals surface area contributed by atoms with Crippen LogP contribution in [0, 0.1) is 5.92 Å². The highest BCUT2D eigenvalue weighted by Crippen LogP contribution is 2.09. The Morgan fingerprint density at radius 3 is 2.67 bits per heavy atom. The van der Waals surface area contributed by atoms with E-state index >= 15 is 0 Å². The zero-order valence-electron chi connectivity index (χ0n) is 9.61. The number of rotatable bonds is 6. The van der Waals surface area contributed by atoms with Gasteiger partial charge in [0.25, 0.3) is 0 Å². The second-order valence-corrected chi connectivity index (χ2v) is 4.36. The van der Waals surface area contributed by atoms with Crippen LogP contribution in [-0.4, -0.2) is 11.0 Å². The fourth-order valence-corrected chi connectivity index (χ4v) is 1.55. The summed E-state index contributed by atoms with van der Waals surface area (Å²) in [5.41, 5.74) is 3.97. The van der Waals surface area contributed by atoms with Crippen LogP contribution in [0.15, 0.2) is 24.4 Å². The summed E-state index contributed by atoms with van der Waals surface area (Å²) < 4.78 is 0. The van der Waals surface area contributed by atoms with Crippen molar-refractivity contribution in [1.82, 2.24) is 10.4 Å². The summed E-state index contributed by atoms with van der Waals surface area (Å²) in [7, 11) is 0. The molecule has 0 spiro atoms. The van der Waals surface area contributed by atoms with Crippen LogP contribution in [0.2, 0.25) is 0 Å². The highest BCUT2D eigenvalue weighted by atomic mass is 15.2. The van der Waals surface area contributed by atoms with Crippen LogP contribution in [0.3, 0.4) is 0 Å². The highest BCUT2D eigenvalue weighted by molar-refractivity contribution is 5.05. The number of hydrazine groups is 1. The summed E-state index contributed by atoms with van der Waals surface area (Å²) in [5.74, 6) is 6.26. The maximum atomic E-state index is 5.53. The van der Waals surface area contributed by atoms with Gasteiger partial charge < -0.3 is 0 Å².